The highest BCUT2D eigenvalue weighted by Crippen LogP contribution is 2.28. The van der Waals surface area contributed by atoms with Gasteiger partial charge in [-0.25, -0.2) is 8.78 Å². The Hall–Kier alpha value is -2.81. The summed E-state index contributed by atoms with van der Waals surface area (Å²) in [6.07, 6.45) is 6.26. The summed E-state index contributed by atoms with van der Waals surface area (Å²) in [7, 11) is 0. The van der Waals surface area contributed by atoms with Crippen molar-refractivity contribution in [3.8, 4) is 11.3 Å². The minimum absolute atomic E-state index is 0.00778. The van der Waals surface area contributed by atoms with Gasteiger partial charge in [0.2, 0.25) is 5.76 Å². The molecule has 2 N–H and O–H groups in total. The second-order valence-corrected chi connectivity index (χ2v) is 8.30. The van der Waals surface area contributed by atoms with Crippen molar-refractivity contribution < 1.29 is 28.0 Å². The number of aliphatic carboxylic acids is 1. The largest absolute Gasteiger partial charge is 0.481 e. The summed E-state index contributed by atoms with van der Waals surface area (Å²) in [6.45, 7) is 1.12. The quantitative estimate of drug-likeness (QED) is 0.750. The van der Waals surface area contributed by atoms with E-state index < -0.39 is 35.5 Å². The van der Waals surface area contributed by atoms with Gasteiger partial charge in [0.25, 0.3) is 5.91 Å². The van der Waals surface area contributed by atoms with Crippen LogP contribution in [0.5, 0.6) is 0 Å². The molecular formula is C22H25F2N3O4. The highest BCUT2D eigenvalue weighted by atomic mass is 19.1. The maximum absolute atomic E-state index is 14.0. The molecule has 2 aliphatic rings. The van der Waals surface area contributed by atoms with E-state index in [0.717, 1.165) is 31.5 Å². The van der Waals surface area contributed by atoms with Crippen LogP contribution in [0.25, 0.3) is 11.3 Å². The first-order chi connectivity index (χ1) is 14.9. The zero-order valence-corrected chi connectivity index (χ0v) is 17.0. The van der Waals surface area contributed by atoms with Crippen LogP contribution in [0, 0.1) is 17.6 Å². The third kappa shape index (κ3) is 4.76. The standard InChI is InChI=1S/C22H25F2N3O4/c23-13-6-7-15(17(24)10-13)19-11-20(31-26-19)21(28)25-18-8-9-27(12-16(18)22(29)30)14-4-2-1-3-5-14/h6-7,10-11,14,16,18H,1-5,8-9,12H2,(H,25,28)(H,29,30)/t16-,18-/m0/s1. The Morgan fingerprint density at radius 2 is 1.90 bits per heavy atom. The Bertz CT molecular complexity index is 958. The molecule has 2 fully saturated rings. The Morgan fingerprint density at radius 1 is 1.13 bits per heavy atom. The van der Waals surface area contributed by atoms with Crippen molar-refractivity contribution in [2.45, 2.75) is 50.6 Å². The lowest BCUT2D eigenvalue weighted by atomic mass is 9.87. The SMILES string of the molecule is O=C(N[C@H]1CCN(C2CCCCC2)C[C@@H]1C(=O)O)c1cc(-c2ccc(F)cc2F)no1. The number of aromatic nitrogens is 1. The number of halogens is 2. The maximum Gasteiger partial charge on any atom is 0.309 e. The fraction of sp³-hybridized carbons (Fsp3) is 0.500. The van der Waals surface area contributed by atoms with Gasteiger partial charge in [0, 0.05) is 42.9 Å². The van der Waals surface area contributed by atoms with Crippen LogP contribution in [0.15, 0.2) is 28.8 Å². The number of piperidine rings is 1. The first-order valence-corrected chi connectivity index (χ1v) is 10.6. The molecule has 4 rings (SSSR count). The van der Waals surface area contributed by atoms with Gasteiger partial charge in [-0.2, -0.15) is 0 Å². The van der Waals surface area contributed by atoms with E-state index in [-0.39, 0.29) is 17.0 Å². The lowest BCUT2D eigenvalue weighted by Crippen LogP contribution is -2.56. The zero-order chi connectivity index (χ0) is 22.0. The Labute approximate surface area is 178 Å². The van der Waals surface area contributed by atoms with E-state index in [1.165, 1.54) is 31.4 Å². The molecule has 2 atom stereocenters. The Morgan fingerprint density at radius 3 is 2.61 bits per heavy atom. The van der Waals surface area contributed by atoms with Crippen LogP contribution in [0.1, 0.15) is 49.1 Å². The lowest BCUT2D eigenvalue weighted by Gasteiger charge is -2.42. The summed E-state index contributed by atoms with van der Waals surface area (Å²) >= 11 is 0. The summed E-state index contributed by atoms with van der Waals surface area (Å²) in [6, 6.07) is 4.16. The molecule has 31 heavy (non-hydrogen) atoms. The van der Waals surface area contributed by atoms with Gasteiger partial charge < -0.3 is 14.9 Å². The van der Waals surface area contributed by atoms with Crippen LogP contribution in [-0.4, -0.2) is 52.2 Å². The summed E-state index contributed by atoms with van der Waals surface area (Å²) in [5.41, 5.74) is 0.0676. The number of carboxylic acid groups (broad SMARTS) is 1. The van der Waals surface area contributed by atoms with Crippen molar-refractivity contribution in [2.75, 3.05) is 13.1 Å². The number of rotatable bonds is 5. The van der Waals surface area contributed by atoms with Crippen LogP contribution in [0.4, 0.5) is 8.78 Å². The van der Waals surface area contributed by atoms with E-state index in [4.69, 9.17) is 4.52 Å². The maximum atomic E-state index is 14.0. The molecule has 0 unspecified atom stereocenters. The third-order valence-electron chi connectivity index (χ3n) is 6.31. The number of carbonyl (C=O) groups excluding carboxylic acids is 1. The van der Waals surface area contributed by atoms with Crippen LogP contribution >= 0.6 is 0 Å². The van der Waals surface area contributed by atoms with Crippen molar-refractivity contribution in [1.29, 1.82) is 0 Å². The number of carboxylic acids is 1. The van der Waals surface area contributed by atoms with Crippen LogP contribution in [0.2, 0.25) is 0 Å². The number of likely N-dealkylation sites (tertiary alicyclic amines) is 1. The van der Waals surface area contributed by atoms with Crippen molar-refractivity contribution in [3.63, 3.8) is 0 Å². The molecule has 0 spiro atoms. The second kappa shape index (κ2) is 9.13. The predicted octanol–water partition coefficient (Wildman–Crippen LogP) is 3.46. The smallest absolute Gasteiger partial charge is 0.309 e. The van der Waals surface area contributed by atoms with Gasteiger partial charge in [-0.3, -0.25) is 14.5 Å². The van der Waals surface area contributed by atoms with E-state index >= 15 is 0 Å². The average molecular weight is 433 g/mol. The number of nitrogens with one attached hydrogen (secondary N) is 1. The molecule has 1 aromatic heterocycles. The number of carbonyl (C=O) groups is 2. The van der Waals surface area contributed by atoms with Crippen molar-refractivity contribution in [1.82, 2.24) is 15.4 Å². The predicted molar refractivity (Wildman–Crippen MR) is 107 cm³/mol. The van der Waals surface area contributed by atoms with Crippen molar-refractivity contribution in [3.05, 3.63) is 41.7 Å². The lowest BCUT2D eigenvalue weighted by molar-refractivity contribution is -0.145. The van der Waals surface area contributed by atoms with E-state index in [1.54, 1.807) is 0 Å². The summed E-state index contributed by atoms with van der Waals surface area (Å²) < 4.78 is 32.1. The third-order valence-corrected chi connectivity index (χ3v) is 6.31. The average Bonchev–Trinajstić information content (AvgIpc) is 3.24. The molecule has 2 aromatic rings. The van der Waals surface area contributed by atoms with Crippen LogP contribution < -0.4 is 5.32 Å². The van der Waals surface area contributed by atoms with Gasteiger partial charge in [0.15, 0.2) is 0 Å². The summed E-state index contributed by atoms with van der Waals surface area (Å²) in [4.78, 5) is 26.8. The topological polar surface area (TPSA) is 95.7 Å². The van der Waals surface area contributed by atoms with Crippen molar-refractivity contribution >= 4 is 11.9 Å². The summed E-state index contributed by atoms with van der Waals surface area (Å²) in [5, 5.41) is 16.2. The molecule has 1 aliphatic carbocycles. The van der Waals surface area contributed by atoms with Gasteiger partial charge in [0.05, 0.1) is 5.92 Å². The van der Waals surface area contributed by atoms with Crippen molar-refractivity contribution in [2.24, 2.45) is 5.92 Å². The molecule has 9 heteroatoms. The fourth-order valence-electron chi connectivity index (χ4n) is 4.62. The zero-order valence-electron chi connectivity index (χ0n) is 17.0. The molecule has 166 valence electrons. The Balaban J connectivity index is 1.43. The molecule has 1 aliphatic heterocycles. The van der Waals surface area contributed by atoms with Crippen LogP contribution in [0.3, 0.4) is 0 Å². The van der Waals surface area contributed by atoms with E-state index in [1.807, 2.05) is 0 Å². The number of amides is 1. The van der Waals surface area contributed by atoms with E-state index in [9.17, 15) is 23.5 Å². The van der Waals surface area contributed by atoms with E-state index in [0.29, 0.717) is 19.0 Å². The van der Waals surface area contributed by atoms with Crippen LogP contribution in [-0.2, 0) is 4.79 Å². The number of benzene rings is 1. The van der Waals surface area contributed by atoms with Gasteiger partial charge in [-0.1, -0.05) is 24.4 Å². The molecule has 2 heterocycles. The molecular weight excluding hydrogens is 408 g/mol. The molecule has 1 amide bonds. The first-order valence-electron chi connectivity index (χ1n) is 10.6. The normalized spacial score (nSPS) is 22.9. The first kappa shape index (κ1) is 21.4. The summed E-state index contributed by atoms with van der Waals surface area (Å²) in [5.74, 6) is -3.97. The minimum atomic E-state index is -0.947. The van der Waals surface area contributed by atoms with Gasteiger partial charge in [-0.05, 0) is 31.4 Å². The van der Waals surface area contributed by atoms with Gasteiger partial charge in [0.1, 0.15) is 17.3 Å². The van der Waals surface area contributed by atoms with Gasteiger partial charge >= 0.3 is 5.97 Å². The fourth-order valence-corrected chi connectivity index (χ4v) is 4.62. The monoisotopic (exact) mass is 433 g/mol. The van der Waals surface area contributed by atoms with E-state index in [2.05, 4.69) is 15.4 Å². The highest BCUT2D eigenvalue weighted by molar-refractivity contribution is 5.93. The molecule has 7 nitrogen and oxygen atoms in total. The number of hydrogen-bond donors (Lipinski definition) is 2. The Kier molecular flexibility index (Phi) is 6.31. The molecule has 0 bridgehead atoms. The number of hydrogen-bond acceptors (Lipinski definition) is 5. The van der Waals surface area contributed by atoms with Gasteiger partial charge in [-0.15, -0.1) is 0 Å². The number of nitrogens with zero attached hydrogens (tertiary/aromatic N) is 2. The molecule has 1 saturated carbocycles. The highest BCUT2D eigenvalue weighted by Gasteiger charge is 2.38. The molecule has 1 aromatic carbocycles. The molecule has 0 radical (unpaired) electrons. The minimum Gasteiger partial charge on any atom is -0.481 e. The molecule has 1 saturated heterocycles. The second-order valence-electron chi connectivity index (χ2n) is 8.30.